The van der Waals surface area contributed by atoms with Crippen molar-refractivity contribution in [3.8, 4) is 27.2 Å². The summed E-state index contributed by atoms with van der Waals surface area (Å²) in [6.07, 6.45) is 3.44. The van der Waals surface area contributed by atoms with E-state index in [1.807, 2.05) is 35.0 Å². The zero-order valence-corrected chi connectivity index (χ0v) is 19.4. The molecule has 5 aromatic heterocycles. The number of anilines is 1. The SMILES string of the molecule is O=C(Nc1cc(-c2cccs2)nn1-c1nc2c(c(=O)[nH]1)CCCC2)c1cc(-c2cccs2)on1. The van der Waals surface area contributed by atoms with Crippen LogP contribution < -0.4 is 10.9 Å². The van der Waals surface area contributed by atoms with E-state index in [9.17, 15) is 9.59 Å². The van der Waals surface area contributed by atoms with Crippen molar-refractivity contribution in [1.82, 2.24) is 24.9 Å². The number of fused-ring (bicyclic) bond motifs is 1. The Morgan fingerprint density at radius 2 is 1.88 bits per heavy atom. The standard InChI is InChI=1S/C23H18N6O3S2/c30-21-13-5-1-2-6-14(13)24-23(26-21)29-20(12-15(27-29)18-7-3-9-33-18)25-22(31)16-11-17(32-28-16)19-8-4-10-34-19/h3-4,7-12H,1-2,5-6H2,(H,25,31)(H,24,26,30). The Bertz CT molecular complexity index is 1530. The van der Waals surface area contributed by atoms with Gasteiger partial charge in [-0.3, -0.25) is 14.6 Å². The predicted molar refractivity (Wildman–Crippen MR) is 130 cm³/mol. The number of nitrogens with zero attached hydrogens (tertiary/aromatic N) is 4. The van der Waals surface area contributed by atoms with Crippen molar-refractivity contribution in [3.05, 3.63) is 74.5 Å². The van der Waals surface area contributed by atoms with Crippen LogP contribution in [0.5, 0.6) is 0 Å². The van der Waals surface area contributed by atoms with Crippen molar-refractivity contribution in [3.63, 3.8) is 0 Å². The number of carbonyl (C=O) groups is 1. The molecule has 5 heterocycles. The monoisotopic (exact) mass is 490 g/mol. The van der Waals surface area contributed by atoms with Gasteiger partial charge in [-0.15, -0.1) is 22.7 Å². The Kier molecular flexibility index (Phi) is 5.19. The Hall–Kier alpha value is -3.83. The maximum absolute atomic E-state index is 13.0. The van der Waals surface area contributed by atoms with Crippen LogP contribution >= 0.6 is 22.7 Å². The third kappa shape index (κ3) is 3.78. The average Bonchev–Trinajstić information content (AvgIpc) is 3.65. The summed E-state index contributed by atoms with van der Waals surface area (Å²) in [5.74, 6) is 0.704. The van der Waals surface area contributed by atoms with Crippen LogP contribution in [-0.2, 0) is 12.8 Å². The van der Waals surface area contributed by atoms with E-state index in [2.05, 4.69) is 25.5 Å². The van der Waals surface area contributed by atoms with Gasteiger partial charge in [0, 0.05) is 17.7 Å². The van der Waals surface area contributed by atoms with Gasteiger partial charge in [0.2, 0.25) is 5.95 Å². The number of H-pyrrole nitrogens is 1. The van der Waals surface area contributed by atoms with Crippen molar-refractivity contribution in [2.24, 2.45) is 0 Å². The number of aryl methyl sites for hydroxylation is 1. The molecular formula is C23H18N6O3S2. The van der Waals surface area contributed by atoms with E-state index in [1.54, 1.807) is 12.1 Å². The van der Waals surface area contributed by atoms with Crippen LogP contribution in [0, 0.1) is 0 Å². The van der Waals surface area contributed by atoms with E-state index in [1.165, 1.54) is 27.4 Å². The molecule has 0 bridgehead atoms. The molecular weight excluding hydrogens is 472 g/mol. The highest BCUT2D eigenvalue weighted by Crippen LogP contribution is 2.29. The molecule has 0 fully saturated rings. The van der Waals surface area contributed by atoms with Crippen molar-refractivity contribution >= 4 is 34.4 Å². The maximum atomic E-state index is 13.0. The first-order chi connectivity index (χ1) is 16.7. The normalized spacial score (nSPS) is 13.1. The van der Waals surface area contributed by atoms with Crippen LogP contribution in [0.1, 0.15) is 34.6 Å². The van der Waals surface area contributed by atoms with Crippen molar-refractivity contribution in [2.45, 2.75) is 25.7 Å². The molecule has 0 unspecified atom stereocenters. The van der Waals surface area contributed by atoms with Crippen LogP contribution in [0.2, 0.25) is 0 Å². The molecule has 170 valence electrons. The average molecular weight is 491 g/mol. The van der Waals surface area contributed by atoms with Crippen LogP contribution in [0.15, 0.2) is 56.5 Å². The lowest BCUT2D eigenvalue weighted by Gasteiger charge is -2.15. The van der Waals surface area contributed by atoms with Gasteiger partial charge in [0.05, 0.1) is 15.4 Å². The van der Waals surface area contributed by atoms with E-state index in [4.69, 9.17) is 4.52 Å². The third-order valence-electron chi connectivity index (χ3n) is 5.61. The van der Waals surface area contributed by atoms with E-state index in [0.29, 0.717) is 17.3 Å². The summed E-state index contributed by atoms with van der Waals surface area (Å²) in [4.78, 5) is 35.1. The highest BCUT2D eigenvalue weighted by Gasteiger charge is 2.22. The number of carbonyl (C=O) groups excluding carboxylic acids is 1. The van der Waals surface area contributed by atoms with Crippen LogP contribution in [0.3, 0.4) is 0 Å². The molecule has 9 nitrogen and oxygen atoms in total. The third-order valence-corrected chi connectivity index (χ3v) is 7.39. The summed E-state index contributed by atoms with van der Waals surface area (Å²) in [6, 6.07) is 11.0. The highest BCUT2D eigenvalue weighted by atomic mass is 32.1. The molecule has 6 rings (SSSR count). The molecule has 1 aliphatic carbocycles. The molecule has 0 radical (unpaired) electrons. The topological polar surface area (TPSA) is 119 Å². The Morgan fingerprint density at radius 1 is 1.09 bits per heavy atom. The second kappa shape index (κ2) is 8.50. The lowest BCUT2D eigenvalue weighted by Crippen LogP contribution is -2.24. The largest absolute Gasteiger partial charge is 0.355 e. The molecule has 0 aliphatic heterocycles. The van der Waals surface area contributed by atoms with Crippen molar-refractivity contribution < 1.29 is 9.32 Å². The molecule has 11 heteroatoms. The van der Waals surface area contributed by atoms with Crippen LogP contribution in [0.4, 0.5) is 5.82 Å². The summed E-state index contributed by atoms with van der Waals surface area (Å²) in [7, 11) is 0. The highest BCUT2D eigenvalue weighted by molar-refractivity contribution is 7.13. The number of hydrogen-bond acceptors (Lipinski definition) is 8. The molecule has 0 atom stereocenters. The number of amides is 1. The minimum Gasteiger partial charge on any atom is -0.355 e. The molecule has 5 aromatic rings. The summed E-state index contributed by atoms with van der Waals surface area (Å²) < 4.78 is 6.81. The van der Waals surface area contributed by atoms with Gasteiger partial charge in [0.15, 0.2) is 11.5 Å². The van der Waals surface area contributed by atoms with Crippen molar-refractivity contribution in [2.75, 3.05) is 5.32 Å². The second-order valence-electron chi connectivity index (χ2n) is 7.83. The van der Waals surface area contributed by atoms with Gasteiger partial charge < -0.3 is 9.84 Å². The number of rotatable bonds is 5. The summed E-state index contributed by atoms with van der Waals surface area (Å²) in [6.45, 7) is 0. The van der Waals surface area contributed by atoms with Gasteiger partial charge in [-0.25, -0.2) is 4.98 Å². The fourth-order valence-electron chi connectivity index (χ4n) is 3.96. The number of aromatic amines is 1. The predicted octanol–water partition coefficient (Wildman–Crippen LogP) is 4.53. The molecule has 34 heavy (non-hydrogen) atoms. The zero-order chi connectivity index (χ0) is 23.1. The smallest absolute Gasteiger partial charge is 0.279 e. The Balaban J connectivity index is 1.38. The molecule has 1 aliphatic rings. The molecule has 2 N–H and O–H groups in total. The maximum Gasteiger partial charge on any atom is 0.279 e. The molecule has 0 saturated carbocycles. The lowest BCUT2D eigenvalue weighted by atomic mass is 9.97. The molecule has 0 saturated heterocycles. The van der Waals surface area contributed by atoms with E-state index >= 15 is 0 Å². The zero-order valence-electron chi connectivity index (χ0n) is 17.8. The Morgan fingerprint density at radius 3 is 2.68 bits per heavy atom. The minimum atomic E-state index is -0.453. The summed E-state index contributed by atoms with van der Waals surface area (Å²) in [5, 5.41) is 15.3. The van der Waals surface area contributed by atoms with E-state index in [0.717, 1.165) is 46.7 Å². The molecule has 0 aromatic carbocycles. The van der Waals surface area contributed by atoms with Gasteiger partial charge in [-0.2, -0.15) is 9.78 Å². The Labute approximate surface area is 201 Å². The number of thiophene rings is 2. The van der Waals surface area contributed by atoms with Crippen LogP contribution in [0.25, 0.3) is 27.2 Å². The summed E-state index contributed by atoms with van der Waals surface area (Å²) in [5.41, 5.74) is 2.15. The van der Waals surface area contributed by atoms with E-state index < -0.39 is 5.91 Å². The number of hydrogen-bond donors (Lipinski definition) is 2. The van der Waals surface area contributed by atoms with Gasteiger partial charge in [-0.1, -0.05) is 17.3 Å². The van der Waals surface area contributed by atoms with Gasteiger partial charge in [0.1, 0.15) is 11.5 Å². The lowest BCUT2D eigenvalue weighted by molar-refractivity contribution is 0.101. The van der Waals surface area contributed by atoms with E-state index in [-0.39, 0.29) is 17.2 Å². The van der Waals surface area contributed by atoms with Crippen LogP contribution in [-0.4, -0.2) is 30.8 Å². The van der Waals surface area contributed by atoms with Gasteiger partial charge in [0.25, 0.3) is 11.5 Å². The van der Waals surface area contributed by atoms with Gasteiger partial charge in [-0.05, 0) is 48.6 Å². The van der Waals surface area contributed by atoms with Gasteiger partial charge >= 0.3 is 0 Å². The first-order valence-electron chi connectivity index (χ1n) is 10.7. The molecule has 0 spiro atoms. The first-order valence-corrected chi connectivity index (χ1v) is 12.5. The quantitative estimate of drug-likeness (QED) is 0.374. The number of nitrogens with one attached hydrogen (secondary N) is 2. The fourth-order valence-corrected chi connectivity index (χ4v) is 5.32. The number of aromatic nitrogens is 5. The second-order valence-corrected chi connectivity index (χ2v) is 9.73. The minimum absolute atomic E-state index is 0.140. The first kappa shape index (κ1) is 20.8. The molecule has 1 amide bonds. The van der Waals surface area contributed by atoms with Crippen molar-refractivity contribution in [1.29, 1.82) is 0 Å². The fraction of sp³-hybridized carbons (Fsp3) is 0.174. The summed E-state index contributed by atoms with van der Waals surface area (Å²) >= 11 is 3.03.